The first-order valence-corrected chi connectivity index (χ1v) is 7.81. The van der Waals surface area contributed by atoms with Crippen LogP contribution in [0.15, 0.2) is 24.3 Å². The minimum atomic E-state index is -0.813. The van der Waals surface area contributed by atoms with Gasteiger partial charge in [0, 0.05) is 18.7 Å². The number of benzene rings is 1. The third-order valence-electron chi connectivity index (χ3n) is 3.87. The quantitative estimate of drug-likeness (QED) is 0.894. The number of ether oxygens (including phenoxy) is 1. The van der Waals surface area contributed by atoms with E-state index in [9.17, 15) is 9.90 Å². The zero-order valence-electron chi connectivity index (χ0n) is 13.0. The van der Waals surface area contributed by atoms with Crippen molar-refractivity contribution in [2.45, 2.75) is 31.4 Å². The number of methoxy groups -OCH3 is 1. The van der Waals surface area contributed by atoms with Crippen LogP contribution in [0.1, 0.15) is 31.4 Å². The van der Waals surface area contributed by atoms with Gasteiger partial charge < -0.3 is 20.1 Å². The molecule has 1 fully saturated rings. The highest BCUT2D eigenvalue weighted by molar-refractivity contribution is 6.30. The molecule has 1 aromatic rings. The molecule has 0 unspecified atom stereocenters. The molecule has 2 amide bonds. The Morgan fingerprint density at radius 3 is 2.77 bits per heavy atom. The fourth-order valence-electron chi connectivity index (χ4n) is 2.72. The minimum Gasteiger partial charge on any atom is -0.388 e. The van der Waals surface area contributed by atoms with Crippen molar-refractivity contribution in [3.8, 4) is 0 Å². The molecule has 1 saturated heterocycles. The molecule has 22 heavy (non-hydrogen) atoms. The Morgan fingerprint density at radius 2 is 2.18 bits per heavy atom. The highest BCUT2D eigenvalue weighted by Crippen LogP contribution is 2.22. The first-order valence-electron chi connectivity index (χ1n) is 7.43. The lowest BCUT2D eigenvalue weighted by atomic mass is 9.95. The summed E-state index contributed by atoms with van der Waals surface area (Å²) in [5.74, 6) is 0. The Bertz CT molecular complexity index is 505. The maximum absolute atomic E-state index is 12.4. The molecular weight excluding hydrogens is 304 g/mol. The molecule has 1 aliphatic heterocycles. The predicted octanol–water partition coefficient (Wildman–Crippen LogP) is 2.58. The maximum atomic E-state index is 12.4. The third kappa shape index (κ3) is 4.60. The van der Waals surface area contributed by atoms with Gasteiger partial charge in [-0.3, -0.25) is 0 Å². The molecule has 0 radical (unpaired) electrons. The van der Waals surface area contributed by atoms with Crippen molar-refractivity contribution in [2.75, 3.05) is 26.8 Å². The number of nitrogens with one attached hydrogen (secondary N) is 1. The number of hydrogen-bond donors (Lipinski definition) is 2. The molecule has 2 N–H and O–H groups in total. The number of carbonyl (C=O) groups is 1. The molecule has 1 heterocycles. The van der Waals surface area contributed by atoms with Crippen LogP contribution >= 0.6 is 11.6 Å². The van der Waals surface area contributed by atoms with Crippen LogP contribution in [0, 0.1) is 0 Å². The van der Waals surface area contributed by atoms with Crippen molar-refractivity contribution in [1.29, 1.82) is 0 Å². The van der Waals surface area contributed by atoms with E-state index in [4.69, 9.17) is 16.3 Å². The van der Waals surface area contributed by atoms with Crippen LogP contribution in [-0.2, 0) is 4.74 Å². The van der Waals surface area contributed by atoms with E-state index in [2.05, 4.69) is 5.32 Å². The number of carbonyl (C=O) groups excluding carboxylic acids is 1. The number of aliphatic hydroxyl groups is 1. The Hall–Kier alpha value is -1.30. The fraction of sp³-hybridized carbons (Fsp3) is 0.562. The highest BCUT2D eigenvalue weighted by atomic mass is 35.5. The van der Waals surface area contributed by atoms with Crippen LogP contribution in [-0.4, -0.2) is 48.4 Å². The van der Waals surface area contributed by atoms with Crippen LogP contribution in [0.4, 0.5) is 4.79 Å². The van der Waals surface area contributed by atoms with Crippen molar-refractivity contribution in [1.82, 2.24) is 10.2 Å². The van der Waals surface area contributed by atoms with Crippen LogP contribution in [0.5, 0.6) is 0 Å². The molecule has 1 aliphatic rings. The van der Waals surface area contributed by atoms with Crippen molar-refractivity contribution < 1.29 is 14.6 Å². The van der Waals surface area contributed by atoms with Gasteiger partial charge in [-0.1, -0.05) is 23.7 Å². The molecule has 122 valence electrons. The third-order valence-corrected chi connectivity index (χ3v) is 4.12. The van der Waals surface area contributed by atoms with Crippen molar-refractivity contribution in [3.05, 3.63) is 34.9 Å². The lowest BCUT2D eigenvalue weighted by Crippen LogP contribution is -2.52. The molecular formula is C16H23ClN2O3. The monoisotopic (exact) mass is 326 g/mol. The predicted molar refractivity (Wildman–Crippen MR) is 86.0 cm³/mol. The van der Waals surface area contributed by atoms with E-state index < -0.39 is 5.60 Å². The summed E-state index contributed by atoms with van der Waals surface area (Å²) >= 11 is 5.90. The molecule has 1 aromatic carbocycles. The number of piperidine rings is 1. The standard InChI is InChI=1S/C16H23ClN2O3/c1-16(21)8-3-9-19(11-16)15(20)18-14(10-22-2)12-4-6-13(17)7-5-12/h4-7,14,21H,3,8-11H2,1-2H3,(H,18,20)/t14-,16-/m1/s1. The van der Waals surface area contributed by atoms with E-state index in [1.807, 2.05) is 12.1 Å². The lowest BCUT2D eigenvalue weighted by molar-refractivity contribution is -0.00322. The first-order chi connectivity index (χ1) is 10.4. The summed E-state index contributed by atoms with van der Waals surface area (Å²) in [6, 6.07) is 6.89. The number of β-amino-alcohol motifs (C(OH)–C–C–N with tert-alkyl or cyclic N) is 1. The number of amides is 2. The van der Waals surface area contributed by atoms with Gasteiger partial charge in [-0.05, 0) is 37.5 Å². The van der Waals surface area contributed by atoms with E-state index in [0.717, 1.165) is 18.4 Å². The van der Waals surface area contributed by atoms with Gasteiger partial charge in [0.15, 0.2) is 0 Å². The van der Waals surface area contributed by atoms with Crippen LogP contribution in [0.3, 0.4) is 0 Å². The summed E-state index contributed by atoms with van der Waals surface area (Å²) in [5.41, 5.74) is 0.121. The Kier molecular flexibility index (Phi) is 5.67. The Labute approximate surface area is 136 Å². The van der Waals surface area contributed by atoms with E-state index >= 15 is 0 Å². The molecule has 0 spiro atoms. The van der Waals surface area contributed by atoms with E-state index in [0.29, 0.717) is 24.7 Å². The van der Waals surface area contributed by atoms with Crippen molar-refractivity contribution in [2.24, 2.45) is 0 Å². The summed E-state index contributed by atoms with van der Waals surface area (Å²) < 4.78 is 5.20. The van der Waals surface area contributed by atoms with Gasteiger partial charge in [-0.2, -0.15) is 0 Å². The summed E-state index contributed by atoms with van der Waals surface area (Å²) in [5, 5.41) is 13.7. The number of nitrogens with zero attached hydrogens (tertiary/aromatic N) is 1. The van der Waals surface area contributed by atoms with Gasteiger partial charge in [-0.25, -0.2) is 4.79 Å². The van der Waals surface area contributed by atoms with Crippen LogP contribution < -0.4 is 5.32 Å². The number of likely N-dealkylation sites (tertiary alicyclic amines) is 1. The molecule has 0 bridgehead atoms. The Morgan fingerprint density at radius 1 is 1.50 bits per heavy atom. The molecule has 5 nitrogen and oxygen atoms in total. The Balaban J connectivity index is 2.04. The SMILES string of the molecule is COC[C@@H](NC(=O)N1CCC[C@@](C)(O)C1)c1ccc(Cl)cc1. The van der Waals surface area contributed by atoms with Crippen molar-refractivity contribution >= 4 is 17.6 Å². The number of urea groups is 1. The summed E-state index contributed by atoms with van der Waals surface area (Å²) in [6.07, 6.45) is 1.52. The number of hydrogen-bond acceptors (Lipinski definition) is 3. The average molecular weight is 327 g/mol. The smallest absolute Gasteiger partial charge is 0.318 e. The second-order valence-electron chi connectivity index (χ2n) is 6.03. The maximum Gasteiger partial charge on any atom is 0.318 e. The van der Waals surface area contributed by atoms with Gasteiger partial charge in [0.05, 0.1) is 24.8 Å². The number of rotatable bonds is 4. The van der Waals surface area contributed by atoms with Gasteiger partial charge in [0.1, 0.15) is 0 Å². The lowest BCUT2D eigenvalue weighted by Gasteiger charge is -2.37. The van der Waals surface area contributed by atoms with Crippen molar-refractivity contribution in [3.63, 3.8) is 0 Å². The van der Waals surface area contributed by atoms with Gasteiger partial charge in [0.25, 0.3) is 0 Å². The van der Waals surface area contributed by atoms with Crippen LogP contribution in [0.2, 0.25) is 5.02 Å². The molecule has 0 saturated carbocycles. The van der Waals surface area contributed by atoms with Gasteiger partial charge >= 0.3 is 6.03 Å². The first kappa shape index (κ1) is 17.1. The molecule has 6 heteroatoms. The fourth-order valence-corrected chi connectivity index (χ4v) is 2.84. The zero-order valence-corrected chi connectivity index (χ0v) is 13.8. The zero-order chi connectivity index (χ0) is 16.2. The minimum absolute atomic E-state index is 0.183. The second kappa shape index (κ2) is 7.31. The summed E-state index contributed by atoms with van der Waals surface area (Å²) in [7, 11) is 1.60. The average Bonchev–Trinajstić information content (AvgIpc) is 2.46. The molecule has 0 aromatic heterocycles. The van der Waals surface area contributed by atoms with E-state index in [-0.39, 0.29) is 12.1 Å². The topological polar surface area (TPSA) is 61.8 Å². The second-order valence-corrected chi connectivity index (χ2v) is 6.47. The largest absolute Gasteiger partial charge is 0.388 e. The molecule has 2 atom stereocenters. The van der Waals surface area contributed by atoms with Crippen LogP contribution in [0.25, 0.3) is 0 Å². The van der Waals surface area contributed by atoms with Gasteiger partial charge in [-0.15, -0.1) is 0 Å². The normalized spacial score (nSPS) is 23.2. The summed E-state index contributed by atoms with van der Waals surface area (Å²) in [6.45, 7) is 3.14. The number of halogens is 1. The summed E-state index contributed by atoms with van der Waals surface area (Å²) in [4.78, 5) is 14.1. The van der Waals surface area contributed by atoms with E-state index in [1.165, 1.54) is 0 Å². The molecule has 0 aliphatic carbocycles. The molecule has 2 rings (SSSR count). The van der Waals surface area contributed by atoms with E-state index in [1.54, 1.807) is 31.1 Å². The highest BCUT2D eigenvalue weighted by Gasteiger charge is 2.31. The van der Waals surface area contributed by atoms with Gasteiger partial charge in [0.2, 0.25) is 0 Å².